The van der Waals surface area contributed by atoms with Crippen molar-refractivity contribution in [1.82, 2.24) is 14.5 Å². The summed E-state index contributed by atoms with van der Waals surface area (Å²) in [7, 11) is -2.73. The maximum atomic E-state index is 11.0. The van der Waals surface area contributed by atoms with E-state index in [0.717, 1.165) is 8.96 Å². The van der Waals surface area contributed by atoms with E-state index in [9.17, 15) is 5.11 Å². The van der Waals surface area contributed by atoms with Crippen LogP contribution in [0.15, 0.2) is 73.2 Å². The van der Waals surface area contributed by atoms with Gasteiger partial charge in [0, 0.05) is 16.2 Å². The van der Waals surface area contributed by atoms with Crippen molar-refractivity contribution in [3.63, 3.8) is 0 Å². The predicted octanol–water partition coefficient (Wildman–Crippen LogP) is 3.84. The van der Waals surface area contributed by atoms with E-state index in [1.807, 2.05) is 22.9 Å². The van der Waals surface area contributed by atoms with Crippen LogP contribution in [0.5, 0.6) is 0 Å². The minimum Gasteiger partial charge on any atom is -0.405 e. The first-order valence-corrected chi connectivity index (χ1v) is 15.1. The summed E-state index contributed by atoms with van der Waals surface area (Å²) in [6.07, 6.45) is 2.36. The number of aromatic nitrogens is 3. The van der Waals surface area contributed by atoms with E-state index in [1.165, 1.54) is 16.7 Å². The third-order valence-electron chi connectivity index (χ3n) is 6.99. The van der Waals surface area contributed by atoms with Crippen LogP contribution in [0.2, 0.25) is 5.04 Å². The van der Waals surface area contributed by atoms with Crippen molar-refractivity contribution in [2.45, 2.75) is 50.7 Å². The first-order valence-electron chi connectivity index (χ1n) is 12.1. The van der Waals surface area contributed by atoms with Crippen LogP contribution in [0.3, 0.4) is 0 Å². The molecule has 188 valence electrons. The van der Waals surface area contributed by atoms with Gasteiger partial charge in [-0.2, -0.15) is 0 Å². The molecule has 1 aliphatic heterocycles. The number of aliphatic hydroxyl groups excluding tert-OH is 1. The van der Waals surface area contributed by atoms with Gasteiger partial charge >= 0.3 is 0 Å². The number of nitrogen functional groups attached to an aromatic ring is 1. The molecule has 36 heavy (non-hydrogen) atoms. The second-order valence-electron chi connectivity index (χ2n) is 10.2. The summed E-state index contributed by atoms with van der Waals surface area (Å²) < 4.78 is 16.3. The third-order valence-corrected chi connectivity index (χ3v) is 12.8. The quantitative estimate of drug-likeness (QED) is 0.253. The SMILES string of the molecule is CC(C)(C)[Si](OCC1OC(n2cc(I)c3c(N)ncnc32)CC1O)(c1ccccc1)c1ccccc1. The van der Waals surface area contributed by atoms with Crippen molar-refractivity contribution < 1.29 is 14.3 Å². The Labute approximate surface area is 225 Å². The number of ether oxygens (including phenoxy) is 1. The lowest BCUT2D eigenvalue weighted by molar-refractivity contribution is -0.0397. The van der Waals surface area contributed by atoms with Crippen LogP contribution in [0.4, 0.5) is 5.82 Å². The average Bonchev–Trinajstić information content (AvgIpc) is 3.40. The fourth-order valence-electron chi connectivity index (χ4n) is 5.29. The average molecular weight is 615 g/mol. The summed E-state index contributed by atoms with van der Waals surface area (Å²) in [4.78, 5) is 8.55. The first kappa shape index (κ1) is 25.3. The topological polar surface area (TPSA) is 95.4 Å². The van der Waals surface area contributed by atoms with E-state index >= 15 is 0 Å². The number of rotatable bonds is 6. The van der Waals surface area contributed by atoms with E-state index in [-0.39, 0.29) is 11.3 Å². The van der Waals surface area contributed by atoms with Crippen molar-refractivity contribution in [3.8, 4) is 0 Å². The molecule has 2 aromatic carbocycles. The number of hydrogen-bond donors (Lipinski definition) is 2. The highest BCUT2D eigenvalue weighted by Crippen LogP contribution is 2.39. The van der Waals surface area contributed by atoms with Crippen molar-refractivity contribution in [1.29, 1.82) is 0 Å². The van der Waals surface area contributed by atoms with Gasteiger partial charge in [-0.3, -0.25) is 0 Å². The van der Waals surface area contributed by atoms with Gasteiger partial charge < -0.3 is 24.6 Å². The molecule has 4 aromatic rings. The third kappa shape index (κ3) is 4.36. The zero-order valence-electron chi connectivity index (χ0n) is 20.6. The lowest BCUT2D eigenvalue weighted by atomic mass is 10.2. The van der Waals surface area contributed by atoms with Crippen LogP contribution in [-0.4, -0.2) is 46.8 Å². The van der Waals surface area contributed by atoms with E-state index in [2.05, 4.69) is 102 Å². The minimum absolute atomic E-state index is 0.153. The Balaban J connectivity index is 1.46. The zero-order chi connectivity index (χ0) is 25.5. The van der Waals surface area contributed by atoms with Crippen LogP contribution < -0.4 is 16.1 Å². The number of anilines is 1. The molecule has 0 spiro atoms. The molecule has 0 radical (unpaired) electrons. The molecule has 9 heteroatoms. The number of benzene rings is 2. The van der Waals surface area contributed by atoms with Crippen LogP contribution in [0.25, 0.3) is 11.0 Å². The summed E-state index contributed by atoms with van der Waals surface area (Å²) in [6, 6.07) is 21.0. The lowest BCUT2D eigenvalue weighted by Crippen LogP contribution is -2.67. The van der Waals surface area contributed by atoms with Gasteiger partial charge in [0.15, 0.2) is 0 Å². The number of hydrogen-bond acceptors (Lipinski definition) is 6. The highest BCUT2D eigenvalue weighted by Gasteiger charge is 2.51. The molecule has 1 aliphatic rings. The monoisotopic (exact) mass is 614 g/mol. The van der Waals surface area contributed by atoms with E-state index < -0.39 is 20.5 Å². The Hall–Kier alpha value is -2.31. The van der Waals surface area contributed by atoms with E-state index in [0.29, 0.717) is 24.5 Å². The molecule has 7 nitrogen and oxygen atoms in total. The number of aliphatic hydroxyl groups is 1. The summed E-state index contributed by atoms with van der Waals surface area (Å²) in [5.74, 6) is 0.438. The van der Waals surface area contributed by atoms with E-state index in [4.69, 9.17) is 14.9 Å². The second kappa shape index (κ2) is 9.86. The minimum atomic E-state index is -2.73. The largest absolute Gasteiger partial charge is 0.405 e. The van der Waals surface area contributed by atoms with Crippen molar-refractivity contribution in [2.24, 2.45) is 0 Å². The highest BCUT2D eigenvalue weighted by atomic mass is 127. The molecule has 3 N–H and O–H groups in total. The number of fused-ring (bicyclic) bond motifs is 1. The van der Waals surface area contributed by atoms with Crippen LogP contribution in [0.1, 0.15) is 33.4 Å². The van der Waals surface area contributed by atoms with Crippen LogP contribution in [0, 0.1) is 3.57 Å². The van der Waals surface area contributed by atoms with Gasteiger partial charge in [0.25, 0.3) is 8.32 Å². The summed E-state index contributed by atoms with van der Waals surface area (Å²) in [6.45, 7) is 7.02. The van der Waals surface area contributed by atoms with Crippen molar-refractivity contribution in [2.75, 3.05) is 12.3 Å². The Kier molecular flexibility index (Phi) is 6.94. The number of halogens is 1. The van der Waals surface area contributed by atoms with Crippen LogP contribution in [-0.2, 0) is 9.16 Å². The maximum Gasteiger partial charge on any atom is 0.261 e. The maximum absolute atomic E-state index is 11.0. The van der Waals surface area contributed by atoms with Gasteiger partial charge in [-0.15, -0.1) is 0 Å². The summed E-state index contributed by atoms with van der Waals surface area (Å²) >= 11 is 2.23. The first-order chi connectivity index (χ1) is 17.2. The molecule has 5 rings (SSSR count). The Morgan fingerprint density at radius 1 is 1.08 bits per heavy atom. The molecule has 0 aliphatic carbocycles. The normalized spacial score (nSPS) is 20.8. The molecular formula is C27H31IN4O3Si. The van der Waals surface area contributed by atoms with Crippen LogP contribution >= 0.6 is 22.6 Å². The molecule has 1 saturated heterocycles. The van der Waals surface area contributed by atoms with E-state index in [1.54, 1.807) is 0 Å². The van der Waals surface area contributed by atoms with Gasteiger partial charge in [0.05, 0.1) is 18.1 Å². The summed E-state index contributed by atoms with van der Waals surface area (Å²) in [5.41, 5.74) is 6.80. The van der Waals surface area contributed by atoms with Crippen molar-refractivity contribution >= 4 is 58.1 Å². The Morgan fingerprint density at radius 3 is 2.28 bits per heavy atom. The molecule has 3 atom stereocenters. The molecule has 0 saturated carbocycles. The van der Waals surface area contributed by atoms with Crippen molar-refractivity contribution in [3.05, 3.63) is 76.8 Å². The van der Waals surface area contributed by atoms with Gasteiger partial charge in [-0.05, 0) is 38.0 Å². The van der Waals surface area contributed by atoms with Gasteiger partial charge in [-0.1, -0.05) is 81.4 Å². The molecular weight excluding hydrogens is 583 g/mol. The molecule has 3 unspecified atom stereocenters. The predicted molar refractivity (Wildman–Crippen MR) is 153 cm³/mol. The molecule has 0 amide bonds. The Morgan fingerprint density at radius 2 is 1.69 bits per heavy atom. The Bertz CT molecular complexity index is 1300. The highest BCUT2D eigenvalue weighted by molar-refractivity contribution is 14.1. The second-order valence-corrected chi connectivity index (χ2v) is 15.7. The molecule has 3 heterocycles. The fraction of sp³-hybridized carbons (Fsp3) is 0.333. The van der Waals surface area contributed by atoms with Gasteiger partial charge in [0.2, 0.25) is 0 Å². The smallest absolute Gasteiger partial charge is 0.261 e. The zero-order valence-corrected chi connectivity index (χ0v) is 23.8. The number of nitrogens with zero attached hydrogens (tertiary/aromatic N) is 3. The van der Waals surface area contributed by atoms with Gasteiger partial charge in [0.1, 0.15) is 30.1 Å². The molecule has 2 aromatic heterocycles. The van der Waals surface area contributed by atoms with Gasteiger partial charge in [-0.25, -0.2) is 9.97 Å². The number of nitrogens with two attached hydrogens (primary N) is 1. The fourth-order valence-corrected chi connectivity index (χ4v) is 10.7. The lowest BCUT2D eigenvalue weighted by Gasteiger charge is -2.43. The standard InChI is InChI=1S/C27H31IN4O3Si/c1-27(2,3)36(18-10-6-4-7-11-18,19-12-8-5-9-13-19)34-16-22-21(33)14-23(35-22)32-15-20(28)24-25(29)30-17-31-26(24)32/h4-13,15,17,21-23,33H,14,16H2,1-3H3,(H2,29,30,31). The summed E-state index contributed by atoms with van der Waals surface area (Å²) in [5, 5.41) is 14.1. The molecule has 1 fully saturated rings. The molecule has 0 bridgehead atoms.